The average Bonchev–Trinajstić information content (AvgIpc) is 2.80. The van der Waals surface area contributed by atoms with Gasteiger partial charge < -0.3 is 0 Å². The molecule has 0 bridgehead atoms. The highest BCUT2D eigenvalue weighted by Crippen LogP contribution is 2.53. The monoisotopic (exact) mass is 227 g/mol. The van der Waals surface area contributed by atoms with Crippen LogP contribution in [0.15, 0.2) is 18.3 Å². The molecule has 1 fully saturated rings. The molecule has 3 heteroatoms. The van der Waals surface area contributed by atoms with Crippen LogP contribution in [0.3, 0.4) is 0 Å². The van der Waals surface area contributed by atoms with Gasteiger partial charge in [0.25, 0.3) is 0 Å². The number of nitrogens with zero attached hydrogens (tertiary/aromatic N) is 1. The number of rotatable bonds is 3. The number of hydrogen-bond acceptors (Lipinski definition) is 1. The minimum Gasteiger partial charge on any atom is -0.261 e. The zero-order valence-electron chi connectivity index (χ0n) is 9.00. The van der Waals surface area contributed by atoms with Crippen LogP contribution in [0.2, 0.25) is 0 Å². The Bertz CT molecular complexity index is 368. The molecule has 82 valence electrons. The van der Waals surface area contributed by atoms with Crippen molar-refractivity contribution in [2.24, 2.45) is 5.41 Å². The van der Waals surface area contributed by atoms with Crippen LogP contribution in [0, 0.1) is 12.3 Å². The fourth-order valence-electron chi connectivity index (χ4n) is 1.79. The van der Waals surface area contributed by atoms with Gasteiger partial charge in [-0.15, -0.1) is 11.6 Å². The van der Waals surface area contributed by atoms with Crippen LogP contribution >= 0.6 is 11.6 Å². The molecule has 1 aliphatic rings. The largest absolute Gasteiger partial charge is 0.261 e. The predicted molar refractivity (Wildman–Crippen MR) is 59.9 cm³/mol. The Balaban J connectivity index is 2.07. The van der Waals surface area contributed by atoms with Gasteiger partial charge in [-0.3, -0.25) is 4.98 Å². The molecule has 1 aromatic heterocycles. The van der Waals surface area contributed by atoms with Crippen molar-refractivity contribution in [3.05, 3.63) is 29.6 Å². The highest BCUT2D eigenvalue weighted by molar-refractivity contribution is 6.21. The number of hydrogen-bond donors (Lipinski definition) is 0. The van der Waals surface area contributed by atoms with Crippen molar-refractivity contribution in [3.8, 4) is 0 Å². The Kier molecular flexibility index (Phi) is 2.72. The topological polar surface area (TPSA) is 12.9 Å². The van der Waals surface area contributed by atoms with Crippen molar-refractivity contribution >= 4 is 11.6 Å². The second-order valence-electron chi connectivity index (χ2n) is 4.62. The van der Waals surface area contributed by atoms with Crippen molar-refractivity contribution < 1.29 is 4.39 Å². The molecule has 1 saturated carbocycles. The molecule has 0 spiro atoms. The van der Waals surface area contributed by atoms with Crippen molar-refractivity contribution in [1.82, 2.24) is 4.98 Å². The second kappa shape index (κ2) is 3.75. The summed E-state index contributed by atoms with van der Waals surface area (Å²) in [6, 6.07) is 3.91. The first-order valence-electron chi connectivity index (χ1n) is 5.22. The van der Waals surface area contributed by atoms with Gasteiger partial charge in [0, 0.05) is 29.1 Å². The molecule has 1 aromatic rings. The summed E-state index contributed by atoms with van der Waals surface area (Å²) in [5.41, 5.74) is 1.78. The molecule has 1 heterocycles. The third kappa shape index (κ3) is 2.00. The van der Waals surface area contributed by atoms with E-state index in [1.807, 2.05) is 26.0 Å². The van der Waals surface area contributed by atoms with Crippen LogP contribution in [0.25, 0.3) is 0 Å². The molecule has 0 aromatic carbocycles. The maximum absolute atomic E-state index is 13.1. The summed E-state index contributed by atoms with van der Waals surface area (Å²) in [5.74, 6) is 0. The quantitative estimate of drug-likeness (QED) is 0.723. The zero-order chi connectivity index (χ0) is 11.1. The summed E-state index contributed by atoms with van der Waals surface area (Å²) in [6.07, 6.45) is 2.27. The van der Waals surface area contributed by atoms with Gasteiger partial charge in [-0.25, -0.2) is 4.39 Å². The molecule has 3 unspecified atom stereocenters. The Labute approximate surface area is 94.7 Å². The molecule has 1 aliphatic carbocycles. The van der Waals surface area contributed by atoms with E-state index in [0.29, 0.717) is 12.8 Å². The van der Waals surface area contributed by atoms with E-state index in [2.05, 4.69) is 4.98 Å². The zero-order valence-corrected chi connectivity index (χ0v) is 9.76. The second-order valence-corrected chi connectivity index (χ2v) is 5.14. The Morgan fingerprint density at radius 1 is 1.73 bits per heavy atom. The molecule has 0 N–H and O–H groups in total. The van der Waals surface area contributed by atoms with Gasteiger partial charge in [-0.2, -0.15) is 0 Å². The van der Waals surface area contributed by atoms with Crippen molar-refractivity contribution in [3.63, 3.8) is 0 Å². The van der Waals surface area contributed by atoms with Crippen molar-refractivity contribution in [1.29, 1.82) is 0 Å². The molecule has 0 aliphatic heterocycles. The summed E-state index contributed by atoms with van der Waals surface area (Å²) in [4.78, 5) is 4.28. The van der Waals surface area contributed by atoms with Crippen LogP contribution in [0.4, 0.5) is 4.39 Å². The molecular weight excluding hydrogens is 213 g/mol. The van der Waals surface area contributed by atoms with Gasteiger partial charge in [0.15, 0.2) is 0 Å². The molecule has 1 nitrogen and oxygen atoms in total. The highest BCUT2D eigenvalue weighted by atomic mass is 35.5. The number of aromatic nitrogens is 1. The van der Waals surface area contributed by atoms with E-state index in [1.54, 1.807) is 6.20 Å². The van der Waals surface area contributed by atoms with Crippen LogP contribution < -0.4 is 0 Å². The molecule has 2 rings (SSSR count). The van der Waals surface area contributed by atoms with Crippen LogP contribution in [0.5, 0.6) is 0 Å². The van der Waals surface area contributed by atoms with E-state index < -0.39 is 6.17 Å². The SMILES string of the molecule is Cc1cccnc1CC(Cl)C1(C)CC1F. The lowest BCUT2D eigenvalue weighted by Gasteiger charge is -2.16. The standard InChI is InChI=1S/C12H15ClFN/c1-8-4-3-5-15-9(8)6-10(13)12(2)7-11(12)14/h3-5,10-11H,6-7H2,1-2H3. The minimum absolute atomic E-state index is 0.152. The van der Waals surface area contributed by atoms with Gasteiger partial charge in [0.05, 0.1) is 0 Å². The van der Waals surface area contributed by atoms with E-state index in [4.69, 9.17) is 11.6 Å². The van der Waals surface area contributed by atoms with Crippen LogP contribution in [0.1, 0.15) is 24.6 Å². The highest BCUT2D eigenvalue weighted by Gasteiger charge is 2.55. The van der Waals surface area contributed by atoms with Crippen LogP contribution in [-0.4, -0.2) is 16.5 Å². The number of halogens is 2. The molecule has 0 radical (unpaired) electrons. The lowest BCUT2D eigenvalue weighted by molar-refractivity contribution is 0.365. The summed E-state index contributed by atoms with van der Waals surface area (Å²) in [6.45, 7) is 3.92. The van der Waals surface area contributed by atoms with Gasteiger partial charge >= 0.3 is 0 Å². The number of aryl methyl sites for hydroxylation is 1. The van der Waals surface area contributed by atoms with Gasteiger partial charge in [0.1, 0.15) is 6.17 Å². The van der Waals surface area contributed by atoms with Crippen molar-refractivity contribution in [2.45, 2.75) is 38.2 Å². The lowest BCUT2D eigenvalue weighted by Crippen LogP contribution is -2.19. The molecular formula is C12H15ClFN. The number of alkyl halides is 2. The molecule has 0 amide bonds. The van der Waals surface area contributed by atoms with Crippen molar-refractivity contribution in [2.75, 3.05) is 0 Å². The van der Waals surface area contributed by atoms with Gasteiger partial charge in [-0.1, -0.05) is 13.0 Å². The summed E-state index contributed by atoms with van der Waals surface area (Å²) in [5, 5.41) is -0.152. The first-order valence-corrected chi connectivity index (χ1v) is 5.66. The number of pyridine rings is 1. The first kappa shape index (κ1) is 10.9. The Hall–Kier alpha value is -0.630. The molecule has 3 atom stereocenters. The van der Waals surface area contributed by atoms with Gasteiger partial charge in [0.2, 0.25) is 0 Å². The van der Waals surface area contributed by atoms with E-state index >= 15 is 0 Å². The predicted octanol–water partition coefficient (Wildman–Crippen LogP) is 3.29. The fourth-order valence-corrected chi connectivity index (χ4v) is 2.16. The molecule has 15 heavy (non-hydrogen) atoms. The smallest absolute Gasteiger partial charge is 0.108 e. The summed E-state index contributed by atoms with van der Waals surface area (Å²) < 4.78 is 13.1. The van der Waals surface area contributed by atoms with Crippen LogP contribution in [-0.2, 0) is 6.42 Å². The van der Waals surface area contributed by atoms with E-state index in [0.717, 1.165) is 11.3 Å². The van der Waals surface area contributed by atoms with Gasteiger partial charge in [-0.05, 0) is 25.0 Å². The lowest BCUT2D eigenvalue weighted by atomic mass is 9.98. The summed E-state index contributed by atoms with van der Waals surface area (Å²) in [7, 11) is 0. The fraction of sp³-hybridized carbons (Fsp3) is 0.583. The third-order valence-corrected chi connectivity index (χ3v) is 4.03. The minimum atomic E-state index is -0.732. The first-order chi connectivity index (χ1) is 7.04. The maximum Gasteiger partial charge on any atom is 0.108 e. The van der Waals surface area contributed by atoms with E-state index in [9.17, 15) is 4.39 Å². The maximum atomic E-state index is 13.1. The Morgan fingerprint density at radius 2 is 2.40 bits per heavy atom. The Morgan fingerprint density at radius 3 is 2.93 bits per heavy atom. The molecule has 0 saturated heterocycles. The van der Waals surface area contributed by atoms with E-state index in [1.165, 1.54) is 0 Å². The third-order valence-electron chi connectivity index (χ3n) is 3.38. The normalized spacial score (nSPS) is 31.3. The summed E-state index contributed by atoms with van der Waals surface area (Å²) >= 11 is 6.24. The average molecular weight is 228 g/mol. The van der Waals surface area contributed by atoms with E-state index in [-0.39, 0.29) is 10.8 Å².